The molecule has 0 unspecified atom stereocenters. The number of imidazole rings is 1. The quantitative estimate of drug-likeness (QED) is 0.414. The summed E-state index contributed by atoms with van der Waals surface area (Å²) in [5.74, 6) is 0.499. The van der Waals surface area contributed by atoms with Gasteiger partial charge < -0.3 is 9.88 Å². The van der Waals surface area contributed by atoms with Gasteiger partial charge in [-0.2, -0.15) is 4.31 Å². The van der Waals surface area contributed by atoms with Gasteiger partial charge in [0.2, 0.25) is 15.9 Å². The van der Waals surface area contributed by atoms with E-state index in [1.54, 1.807) is 18.2 Å². The van der Waals surface area contributed by atoms with Crippen LogP contribution < -0.4 is 5.32 Å². The first-order chi connectivity index (χ1) is 16.8. The fourth-order valence-electron chi connectivity index (χ4n) is 4.50. The molecule has 1 aromatic heterocycles. The van der Waals surface area contributed by atoms with E-state index in [4.69, 9.17) is 16.6 Å². The summed E-state index contributed by atoms with van der Waals surface area (Å²) in [6.07, 6.45) is 0.904. The molecule has 35 heavy (non-hydrogen) atoms. The van der Waals surface area contributed by atoms with E-state index in [1.807, 2.05) is 60.1 Å². The molecule has 180 valence electrons. The van der Waals surface area contributed by atoms with E-state index < -0.39 is 10.0 Å². The van der Waals surface area contributed by atoms with Crippen molar-refractivity contribution in [3.8, 4) is 11.4 Å². The summed E-state index contributed by atoms with van der Waals surface area (Å²) in [5, 5.41) is 3.17. The molecule has 1 N–H and O–H groups in total. The van der Waals surface area contributed by atoms with Crippen LogP contribution >= 0.6 is 11.6 Å². The number of aryl methyl sites for hydroxylation is 1. The number of piperidine rings is 1. The Bertz CT molecular complexity index is 1490. The summed E-state index contributed by atoms with van der Waals surface area (Å²) in [5.41, 5.74) is 3.65. The van der Waals surface area contributed by atoms with E-state index in [2.05, 4.69) is 5.32 Å². The van der Waals surface area contributed by atoms with Gasteiger partial charge >= 0.3 is 0 Å². The van der Waals surface area contributed by atoms with Crippen LogP contribution in [0.15, 0.2) is 77.7 Å². The molecule has 1 saturated heterocycles. The van der Waals surface area contributed by atoms with Gasteiger partial charge in [-0.15, -0.1) is 0 Å². The average molecular weight is 509 g/mol. The second kappa shape index (κ2) is 9.45. The van der Waals surface area contributed by atoms with Crippen molar-refractivity contribution in [3.63, 3.8) is 0 Å². The number of nitrogens with one attached hydrogen (secondary N) is 1. The topological polar surface area (TPSA) is 84.3 Å². The number of halogens is 1. The number of fused-ring (bicyclic) bond motifs is 1. The Morgan fingerprint density at radius 3 is 2.31 bits per heavy atom. The molecular weight excluding hydrogens is 484 g/mol. The molecule has 0 aliphatic carbocycles. The average Bonchev–Trinajstić information content (AvgIpc) is 3.21. The van der Waals surface area contributed by atoms with Crippen molar-refractivity contribution in [2.75, 3.05) is 18.4 Å². The van der Waals surface area contributed by atoms with Crippen LogP contribution in [0.2, 0.25) is 5.02 Å². The molecule has 1 fully saturated rings. The van der Waals surface area contributed by atoms with E-state index in [0.29, 0.717) is 18.5 Å². The first-order valence-corrected chi connectivity index (χ1v) is 13.2. The van der Waals surface area contributed by atoms with Crippen LogP contribution in [0.4, 0.5) is 5.69 Å². The Labute approximate surface area is 209 Å². The van der Waals surface area contributed by atoms with Crippen molar-refractivity contribution in [2.45, 2.75) is 17.7 Å². The smallest absolute Gasteiger partial charge is 0.244 e. The van der Waals surface area contributed by atoms with Crippen LogP contribution in [0.25, 0.3) is 22.4 Å². The van der Waals surface area contributed by atoms with Crippen molar-refractivity contribution in [1.29, 1.82) is 0 Å². The van der Waals surface area contributed by atoms with Crippen molar-refractivity contribution in [1.82, 2.24) is 13.9 Å². The highest BCUT2D eigenvalue weighted by atomic mass is 35.5. The number of amides is 1. The van der Waals surface area contributed by atoms with E-state index in [9.17, 15) is 13.2 Å². The van der Waals surface area contributed by atoms with Crippen LogP contribution in [0.3, 0.4) is 0 Å². The maximum absolute atomic E-state index is 12.9. The molecule has 0 atom stereocenters. The minimum Gasteiger partial charge on any atom is -0.327 e. The van der Waals surface area contributed by atoms with E-state index in [1.165, 1.54) is 10.4 Å². The molecule has 9 heteroatoms. The lowest BCUT2D eigenvalue weighted by atomic mass is 9.97. The SMILES string of the molecule is Cn1c(-c2ccc(NC(=O)C3CCN(S(=O)(=O)c4ccccc4Cl)CC3)cc2)nc2ccccc21. The number of anilines is 1. The maximum atomic E-state index is 12.9. The molecule has 4 aromatic rings. The van der Waals surface area contributed by atoms with Gasteiger partial charge in [0.25, 0.3) is 0 Å². The van der Waals surface area contributed by atoms with Gasteiger partial charge in [-0.05, 0) is 61.4 Å². The minimum absolute atomic E-state index is 0.102. The van der Waals surface area contributed by atoms with E-state index >= 15 is 0 Å². The van der Waals surface area contributed by atoms with Crippen LogP contribution in [-0.4, -0.2) is 41.3 Å². The lowest BCUT2D eigenvalue weighted by Gasteiger charge is -2.30. The lowest BCUT2D eigenvalue weighted by molar-refractivity contribution is -0.120. The Morgan fingerprint density at radius 1 is 0.971 bits per heavy atom. The van der Waals surface area contributed by atoms with Crippen LogP contribution in [0.5, 0.6) is 0 Å². The highest BCUT2D eigenvalue weighted by Crippen LogP contribution is 2.29. The van der Waals surface area contributed by atoms with Gasteiger partial charge in [0, 0.05) is 37.3 Å². The molecular formula is C26H25ClN4O3S. The summed E-state index contributed by atoms with van der Waals surface area (Å²) in [4.78, 5) is 17.7. The Hall–Kier alpha value is -3.20. The molecule has 0 radical (unpaired) electrons. The van der Waals surface area contributed by atoms with Gasteiger partial charge in [0.1, 0.15) is 10.7 Å². The van der Waals surface area contributed by atoms with Gasteiger partial charge in [-0.3, -0.25) is 4.79 Å². The third-order valence-corrected chi connectivity index (χ3v) is 8.88. The zero-order valence-corrected chi connectivity index (χ0v) is 20.8. The number of rotatable bonds is 5. The minimum atomic E-state index is -3.68. The van der Waals surface area contributed by atoms with Crippen LogP contribution in [-0.2, 0) is 21.9 Å². The number of hydrogen-bond acceptors (Lipinski definition) is 4. The van der Waals surface area contributed by atoms with Crippen molar-refractivity contribution in [3.05, 3.63) is 77.8 Å². The predicted molar refractivity (Wildman–Crippen MR) is 138 cm³/mol. The second-order valence-electron chi connectivity index (χ2n) is 8.66. The molecule has 1 aliphatic rings. The number of hydrogen-bond donors (Lipinski definition) is 1. The number of para-hydroxylation sites is 2. The summed E-state index contributed by atoms with van der Waals surface area (Å²) in [7, 11) is -1.70. The van der Waals surface area contributed by atoms with Crippen LogP contribution in [0, 0.1) is 5.92 Å². The third kappa shape index (κ3) is 4.57. The zero-order chi connectivity index (χ0) is 24.6. The fourth-order valence-corrected chi connectivity index (χ4v) is 6.46. The largest absolute Gasteiger partial charge is 0.327 e. The standard InChI is InChI=1S/C26H25ClN4O3S/c1-30-23-8-4-3-7-22(23)29-25(30)18-10-12-20(13-11-18)28-26(32)19-14-16-31(17-15-19)35(33,34)24-9-5-2-6-21(24)27/h2-13,19H,14-17H2,1H3,(H,28,32). The highest BCUT2D eigenvalue weighted by molar-refractivity contribution is 7.89. The number of sulfonamides is 1. The normalized spacial score (nSPS) is 15.4. The van der Waals surface area contributed by atoms with Crippen molar-refractivity contribution in [2.24, 2.45) is 13.0 Å². The number of benzene rings is 3. The van der Waals surface area contributed by atoms with E-state index in [0.717, 1.165) is 22.4 Å². The molecule has 0 bridgehead atoms. The first kappa shape index (κ1) is 23.5. The lowest BCUT2D eigenvalue weighted by Crippen LogP contribution is -2.41. The third-order valence-electron chi connectivity index (χ3n) is 6.48. The molecule has 2 heterocycles. The van der Waals surface area contributed by atoms with Gasteiger partial charge in [-0.25, -0.2) is 13.4 Å². The maximum Gasteiger partial charge on any atom is 0.244 e. The first-order valence-electron chi connectivity index (χ1n) is 11.4. The number of carbonyl (C=O) groups excluding carboxylic acids is 1. The van der Waals surface area contributed by atoms with Crippen molar-refractivity contribution < 1.29 is 13.2 Å². The summed E-state index contributed by atoms with van der Waals surface area (Å²) >= 11 is 6.10. The monoisotopic (exact) mass is 508 g/mol. The zero-order valence-electron chi connectivity index (χ0n) is 19.2. The fraction of sp³-hybridized carbons (Fsp3) is 0.231. The summed E-state index contributed by atoms with van der Waals surface area (Å²) in [6.45, 7) is 0.550. The van der Waals surface area contributed by atoms with E-state index in [-0.39, 0.29) is 34.8 Å². The molecule has 7 nitrogen and oxygen atoms in total. The Balaban J connectivity index is 1.22. The molecule has 3 aromatic carbocycles. The number of nitrogens with zero attached hydrogens (tertiary/aromatic N) is 3. The summed E-state index contributed by atoms with van der Waals surface area (Å²) < 4.78 is 29.3. The highest BCUT2D eigenvalue weighted by Gasteiger charge is 2.33. The Kier molecular flexibility index (Phi) is 6.35. The summed E-state index contributed by atoms with van der Waals surface area (Å²) in [6, 6.07) is 22.0. The van der Waals surface area contributed by atoms with Gasteiger partial charge in [0.15, 0.2) is 0 Å². The molecule has 0 spiro atoms. The Morgan fingerprint density at radius 2 is 1.63 bits per heavy atom. The molecule has 1 aliphatic heterocycles. The molecule has 5 rings (SSSR count). The molecule has 1 amide bonds. The number of aromatic nitrogens is 2. The predicted octanol–water partition coefficient (Wildman–Crippen LogP) is 4.93. The van der Waals surface area contributed by atoms with Gasteiger partial charge in [0.05, 0.1) is 16.1 Å². The molecule has 0 saturated carbocycles. The van der Waals surface area contributed by atoms with Crippen molar-refractivity contribution >= 4 is 44.3 Å². The second-order valence-corrected chi connectivity index (χ2v) is 11.0. The van der Waals surface area contributed by atoms with Gasteiger partial charge in [-0.1, -0.05) is 35.9 Å². The number of carbonyl (C=O) groups is 1. The van der Waals surface area contributed by atoms with Crippen LogP contribution in [0.1, 0.15) is 12.8 Å².